The van der Waals surface area contributed by atoms with Crippen LogP contribution < -0.4 is 0 Å². The summed E-state index contributed by atoms with van der Waals surface area (Å²) in [4.78, 5) is 25.2. The Hall–Kier alpha value is -1.55. The van der Waals surface area contributed by atoms with E-state index in [0.29, 0.717) is 10.6 Å². The average molecular weight is 284 g/mol. The van der Waals surface area contributed by atoms with E-state index in [-0.39, 0.29) is 18.5 Å². The Morgan fingerprint density at radius 2 is 2.00 bits per heavy atom. The number of esters is 1. The first kappa shape index (κ1) is 15.5. The molecule has 1 amide bonds. The van der Waals surface area contributed by atoms with Gasteiger partial charge in [-0.05, 0) is 38.5 Å². The predicted molar refractivity (Wildman–Crippen MR) is 74.4 cm³/mol. The van der Waals surface area contributed by atoms with Gasteiger partial charge >= 0.3 is 5.97 Å². The molecule has 0 radical (unpaired) electrons. The zero-order valence-electron chi connectivity index (χ0n) is 11.6. The molecule has 0 aliphatic heterocycles. The maximum atomic E-state index is 12.4. The molecule has 0 bridgehead atoms. The quantitative estimate of drug-likeness (QED) is 0.798. The molecule has 0 unspecified atom stereocenters. The van der Waals surface area contributed by atoms with Crippen molar-refractivity contribution in [3.05, 3.63) is 34.3 Å². The molecule has 1 aromatic rings. The summed E-state index contributed by atoms with van der Waals surface area (Å²) < 4.78 is 4.60. The number of methoxy groups -OCH3 is 1. The van der Waals surface area contributed by atoms with Crippen molar-refractivity contribution >= 4 is 23.5 Å². The molecule has 0 aliphatic rings. The summed E-state index contributed by atoms with van der Waals surface area (Å²) in [6, 6.07) is 5.09. The van der Waals surface area contributed by atoms with Gasteiger partial charge in [-0.2, -0.15) is 0 Å². The second kappa shape index (κ2) is 6.57. The zero-order valence-corrected chi connectivity index (χ0v) is 12.3. The van der Waals surface area contributed by atoms with Gasteiger partial charge in [0.25, 0.3) is 5.91 Å². The fourth-order valence-corrected chi connectivity index (χ4v) is 1.96. The fraction of sp³-hybridized carbons (Fsp3) is 0.429. The van der Waals surface area contributed by atoms with Gasteiger partial charge in [-0.25, -0.2) is 0 Å². The summed E-state index contributed by atoms with van der Waals surface area (Å²) in [5.41, 5.74) is 1.37. The highest BCUT2D eigenvalue weighted by atomic mass is 35.5. The molecule has 104 valence electrons. The molecule has 0 aliphatic carbocycles. The van der Waals surface area contributed by atoms with Gasteiger partial charge < -0.3 is 9.64 Å². The number of hydrogen-bond acceptors (Lipinski definition) is 3. The number of aryl methyl sites for hydroxylation is 1. The van der Waals surface area contributed by atoms with E-state index in [0.717, 1.165) is 5.56 Å². The maximum Gasteiger partial charge on any atom is 0.325 e. The normalized spacial score (nSPS) is 10.4. The fourth-order valence-electron chi connectivity index (χ4n) is 1.64. The van der Waals surface area contributed by atoms with Gasteiger partial charge in [0.15, 0.2) is 0 Å². The van der Waals surface area contributed by atoms with Gasteiger partial charge in [-0.3, -0.25) is 9.59 Å². The molecule has 0 spiro atoms. The van der Waals surface area contributed by atoms with Crippen LogP contribution in [0, 0.1) is 6.92 Å². The van der Waals surface area contributed by atoms with E-state index >= 15 is 0 Å². The highest BCUT2D eigenvalue weighted by Crippen LogP contribution is 2.20. The van der Waals surface area contributed by atoms with Crippen LogP contribution in [0.4, 0.5) is 0 Å². The lowest BCUT2D eigenvalue weighted by atomic mass is 10.1. The summed E-state index contributed by atoms with van der Waals surface area (Å²) >= 11 is 6.08. The molecule has 0 saturated carbocycles. The van der Waals surface area contributed by atoms with Crippen LogP contribution in [0.2, 0.25) is 5.02 Å². The molecule has 4 nitrogen and oxygen atoms in total. The summed E-state index contributed by atoms with van der Waals surface area (Å²) in [7, 11) is 1.30. The van der Waals surface area contributed by atoms with Crippen molar-refractivity contribution in [3.63, 3.8) is 0 Å². The minimum absolute atomic E-state index is 0.0861. The molecule has 0 saturated heterocycles. The number of amides is 1. The standard InChI is InChI=1S/C14H18ClNO3/c1-9(2)16(8-13(17)19-4)14(18)11-6-5-10(3)7-12(11)15/h5-7,9H,8H2,1-4H3. The molecule has 1 aromatic carbocycles. The Labute approximate surface area is 118 Å². The Morgan fingerprint density at radius 3 is 2.47 bits per heavy atom. The smallest absolute Gasteiger partial charge is 0.325 e. The zero-order chi connectivity index (χ0) is 14.6. The van der Waals surface area contributed by atoms with E-state index in [1.54, 1.807) is 12.1 Å². The number of carbonyl (C=O) groups excluding carboxylic acids is 2. The number of halogens is 1. The maximum absolute atomic E-state index is 12.4. The van der Waals surface area contributed by atoms with Gasteiger partial charge in [0.2, 0.25) is 0 Å². The average Bonchev–Trinajstić information content (AvgIpc) is 2.34. The van der Waals surface area contributed by atoms with Crippen LogP contribution in [0.3, 0.4) is 0 Å². The van der Waals surface area contributed by atoms with Crippen LogP contribution in [0.15, 0.2) is 18.2 Å². The number of hydrogen-bond donors (Lipinski definition) is 0. The summed E-state index contributed by atoms with van der Waals surface area (Å²) in [5.74, 6) is -0.726. The molecule has 5 heteroatoms. The highest BCUT2D eigenvalue weighted by molar-refractivity contribution is 6.33. The van der Waals surface area contributed by atoms with E-state index in [2.05, 4.69) is 4.74 Å². The van der Waals surface area contributed by atoms with Gasteiger partial charge in [-0.1, -0.05) is 17.7 Å². The lowest BCUT2D eigenvalue weighted by Gasteiger charge is -2.26. The predicted octanol–water partition coefficient (Wildman–Crippen LogP) is 2.67. The van der Waals surface area contributed by atoms with Crippen LogP contribution in [0.1, 0.15) is 29.8 Å². The van der Waals surface area contributed by atoms with Crippen molar-refractivity contribution in [1.82, 2.24) is 4.90 Å². The van der Waals surface area contributed by atoms with Crippen LogP contribution in [-0.4, -0.2) is 36.5 Å². The molecular weight excluding hydrogens is 266 g/mol. The van der Waals surface area contributed by atoms with Crippen LogP contribution >= 0.6 is 11.6 Å². The second-order valence-corrected chi connectivity index (χ2v) is 4.99. The Kier molecular flexibility index (Phi) is 5.36. The molecular formula is C14H18ClNO3. The van der Waals surface area contributed by atoms with Gasteiger partial charge in [0.1, 0.15) is 6.54 Å². The first-order valence-electron chi connectivity index (χ1n) is 6.00. The van der Waals surface area contributed by atoms with E-state index < -0.39 is 5.97 Å². The Balaban J connectivity index is 3.02. The topological polar surface area (TPSA) is 46.6 Å². The number of benzene rings is 1. The molecule has 0 aromatic heterocycles. The van der Waals surface area contributed by atoms with E-state index in [1.165, 1.54) is 12.0 Å². The van der Waals surface area contributed by atoms with Crippen molar-refractivity contribution in [3.8, 4) is 0 Å². The molecule has 0 N–H and O–H groups in total. The van der Waals surface area contributed by atoms with E-state index in [1.807, 2.05) is 26.8 Å². The minimum Gasteiger partial charge on any atom is -0.468 e. The minimum atomic E-state index is -0.453. The summed E-state index contributed by atoms with van der Waals surface area (Å²) in [6.45, 7) is 5.48. The second-order valence-electron chi connectivity index (χ2n) is 4.59. The van der Waals surface area contributed by atoms with Crippen LogP contribution in [0.5, 0.6) is 0 Å². The molecule has 19 heavy (non-hydrogen) atoms. The monoisotopic (exact) mass is 283 g/mol. The third-order valence-corrected chi connectivity index (χ3v) is 3.08. The SMILES string of the molecule is COC(=O)CN(C(=O)c1ccc(C)cc1Cl)C(C)C. The highest BCUT2D eigenvalue weighted by Gasteiger charge is 2.23. The summed E-state index contributed by atoms with van der Waals surface area (Å²) in [5, 5.41) is 0.389. The van der Waals surface area contributed by atoms with Crippen molar-refractivity contribution in [2.45, 2.75) is 26.8 Å². The molecule has 1 rings (SSSR count). The molecule has 0 atom stereocenters. The van der Waals surface area contributed by atoms with Crippen LogP contribution in [0.25, 0.3) is 0 Å². The molecule has 0 fully saturated rings. The van der Waals surface area contributed by atoms with E-state index in [9.17, 15) is 9.59 Å². The number of carbonyl (C=O) groups is 2. The van der Waals surface area contributed by atoms with Gasteiger partial charge in [0, 0.05) is 6.04 Å². The molecule has 0 heterocycles. The summed E-state index contributed by atoms with van der Waals surface area (Å²) in [6.07, 6.45) is 0. The van der Waals surface area contributed by atoms with Crippen molar-refractivity contribution in [1.29, 1.82) is 0 Å². The van der Waals surface area contributed by atoms with Crippen molar-refractivity contribution < 1.29 is 14.3 Å². The van der Waals surface area contributed by atoms with Gasteiger partial charge in [0.05, 0.1) is 17.7 Å². The van der Waals surface area contributed by atoms with Crippen molar-refractivity contribution in [2.75, 3.05) is 13.7 Å². The van der Waals surface area contributed by atoms with E-state index in [4.69, 9.17) is 11.6 Å². The third kappa shape index (κ3) is 3.96. The Morgan fingerprint density at radius 1 is 1.37 bits per heavy atom. The Bertz CT molecular complexity index is 486. The number of rotatable bonds is 4. The first-order chi connectivity index (χ1) is 8.86. The van der Waals surface area contributed by atoms with Gasteiger partial charge in [-0.15, -0.1) is 0 Å². The first-order valence-corrected chi connectivity index (χ1v) is 6.38. The number of ether oxygens (including phenoxy) is 1. The lowest BCUT2D eigenvalue weighted by molar-refractivity contribution is -0.141. The third-order valence-electron chi connectivity index (χ3n) is 2.77. The largest absolute Gasteiger partial charge is 0.468 e. The lowest BCUT2D eigenvalue weighted by Crippen LogP contribution is -2.41. The number of nitrogens with zero attached hydrogens (tertiary/aromatic N) is 1. The van der Waals surface area contributed by atoms with Crippen LogP contribution in [-0.2, 0) is 9.53 Å². The van der Waals surface area contributed by atoms with Crippen molar-refractivity contribution in [2.24, 2.45) is 0 Å².